The van der Waals surface area contributed by atoms with Crippen LogP contribution in [0.4, 0.5) is 0 Å². The highest BCUT2D eigenvalue weighted by Gasteiger charge is 2.02. The van der Waals surface area contributed by atoms with Crippen molar-refractivity contribution in [1.82, 2.24) is 0 Å². The molecule has 0 bridgehead atoms. The number of benzene rings is 2. The summed E-state index contributed by atoms with van der Waals surface area (Å²) in [6.07, 6.45) is 4.00. The summed E-state index contributed by atoms with van der Waals surface area (Å²) in [5.41, 5.74) is 0.764. The topological polar surface area (TPSA) is 61.8 Å². The Bertz CT molecular complexity index is 742. The molecule has 5 heteroatoms. The van der Waals surface area contributed by atoms with Crippen LogP contribution in [0.5, 0.6) is 17.2 Å². The van der Waals surface area contributed by atoms with Gasteiger partial charge in [-0.15, -0.1) is 0 Å². The number of methoxy groups -OCH3 is 1. The zero-order valence-corrected chi connectivity index (χ0v) is 13.1. The Morgan fingerprint density at radius 2 is 1.33 bits per heavy atom. The number of hydrogen-bond acceptors (Lipinski definition) is 5. The van der Waals surface area contributed by atoms with Gasteiger partial charge in [-0.3, -0.25) is 0 Å². The summed E-state index contributed by atoms with van der Waals surface area (Å²) in [7, 11) is 1.56. The fourth-order valence-corrected chi connectivity index (χ4v) is 1.76. The van der Waals surface area contributed by atoms with Gasteiger partial charge in [0.05, 0.1) is 7.11 Å². The van der Waals surface area contributed by atoms with Crippen molar-refractivity contribution in [2.75, 3.05) is 7.11 Å². The molecule has 0 aliphatic rings. The van der Waals surface area contributed by atoms with Crippen molar-refractivity contribution in [1.29, 1.82) is 0 Å². The predicted molar refractivity (Wildman–Crippen MR) is 89.9 cm³/mol. The number of esters is 2. The first-order valence-electron chi connectivity index (χ1n) is 7.09. The highest BCUT2D eigenvalue weighted by atomic mass is 16.5. The molecule has 0 saturated carbocycles. The maximum Gasteiger partial charge on any atom is 0.336 e. The number of hydrogen-bond donors (Lipinski definition) is 0. The van der Waals surface area contributed by atoms with E-state index < -0.39 is 11.9 Å². The lowest BCUT2D eigenvalue weighted by Crippen LogP contribution is -2.03. The lowest BCUT2D eigenvalue weighted by molar-refractivity contribution is -0.129. The molecular formula is C19H16O5. The van der Waals surface area contributed by atoms with Crippen molar-refractivity contribution >= 4 is 18.0 Å². The van der Waals surface area contributed by atoms with E-state index in [2.05, 4.69) is 6.58 Å². The summed E-state index contributed by atoms with van der Waals surface area (Å²) in [5, 5.41) is 0. The van der Waals surface area contributed by atoms with Crippen LogP contribution in [0.25, 0.3) is 6.08 Å². The van der Waals surface area contributed by atoms with Gasteiger partial charge in [-0.05, 0) is 48.0 Å². The minimum Gasteiger partial charge on any atom is -0.497 e. The molecule has 2 aromatic carbocycles. The molecule has 0 saturated heterocycles. The molecule has 0 aromatic heterocycles. The summed E-state index contributed by atoms with van der Waals surface area (Å²) in [6.45, 7) is 3.32. The Balaban J connectivity index is 1.92. The van der Waals surface area contributed by atoms with E-state index in [1.165, 1.54) is 6.08 Å². The van der Waals surface area contributed by atoms with E-state index in [4.69, 9.17) is 14.2 Å². The zero-order valence-electron chi connectivity index (χ0n) is 13.1. The lowest BCUT2D eigenvalue weighted by Gasteiger charge is -2.03. The second-order valence-corrected chi connectivity index (χ2v) is 4.62. The van der Waals surface area contributed by atoms with Gasteiger partial charge in [0.25, 0.3) is 0 Å². The normalized spacial score (nSPS) is 10.2. The molecule has 0 spiro atoms. The molecule has 0 aliphatic carbocycles. The van der Waals surface area contributed by atoms with Gasteiger partial charge >= 0.3 is 11.9 Å². The van der Waals surface area contributed by atoms with E-state index in [1.54, 1.807) is 61.7 Å². The molecular weight excluding hydrogens is 308 g/mol. The molecule has 0 radical (unpaired) electrons. The van der Waals surface area contributed by atoms with Gasteiger partial charge in [0, 0.05) is 12.2 Å². The highest BCUT2D eigenvalue weighted by molar-refractivity contribution is 5.88. The lowest BCUT2D eigenvalue weighted by atomic mass is 10.2. The number of carbonyl (C=O) groups excluding carboxylic acids is 2. The first-order chi connectivity index (χ1) is 11.6. The van der Waals surface area contributed by atoms with E-state index in [-0.39, 0.29) is 0 Å². The molecule has 0 atom stereocenters. The molecule has 24 heavy (non-hydrogen) atoms. The average Bonchev–Trinajstić information content (AvgIpc) is 2.61. The minimum atomic E-state index is -0.527. The molecule has 122 valence electrons. The van der Waals surface area contributed by atoms with E-state index in [0.717, 1.165) is 11.6 Å². The molecule has 0 aliphatic heterocycles. The summed E-state index contributed by atoms with van der Waals surface area (Å²) >= 11 is 0. The molecule has 2 aromatic rings. The second-order valence-electron chi connectivity index (χ2n) is 4.62. The third-order valence-corrected chi connectivity index (χ3v) is 2.95. The third-order valence-electron chi connectivity index (χ3n) is 2.95. The number of rotatable bonds is 6. The van der Waals surface area contributed by atoms with Crippen LogP contribution in [0, 0.1) is 0 Å². The second kappa shape index (κ2) is 8.33. The van der Waals surface area contributed by atoms with Crippen molar-refractivity contribution < 1.29 is 23.8 Å². The third kappa shape index (κ3) is 5.14. The summed E-state index contributed by atoms with van der Waals surface area (Å²) in [4.78, 5) is 22.8. The van der Waals surface area contributed by atoms with E-state index in [1.807, 2.05) is 0 Å². The van der Waals surface area contributed by atoms with Crippen LogP contribution in [0.3, 0.4) is 0 Å². The Labute approximate surface area is 139 Å². The number of ether oxygens (including phenoxy) is 3. The van der Waals surface area contributed by atoms with Crippen LogP contribution in [0.1, 0.15) is 5.56 Å². The summed E-state index contributed by atoms with van der Waals surface area (Å²) < 4.78 is 15.2. The fourth-order valence-electron chi connectivity index (χ4n) is 1.76. The van der Waals surface area contributed by atoms with Crippen molar-refractivity contribution in [3.63, 3.8) is 0 Å². The van der Waals surface area contributed by atoms with Crippen LogP contribution in [0.15, 0.2) is 67.3 Å². The SMILES string of the molecule is C=CC(=O)Oc1ccc(C=CC(=O)Oc2ccc(OC)cc2)cc1. The predicted octanol–water partition coefficient (Wildman–Crippen LogP) is 3.41. The van der Waals surface area contributed by atoms with Gasteiger partial charge < -0.3 is 14.2 Å². The van der Waals surface area contributed by atoms with Gasteiger partial charge in [-0.2, -0.15) is 0 Å². The van der Waals surface area contributed by atoms with Gasteiger partial charge in [-0.1, -0.05) is 18.7 Å². The molecule has 2 rings (SSSR count). The van der Waals surface area contributed by atoms with Gasteiger partial charge in [0.1, 0.15) is 17.2 Å². The van der Waals surface area contributed by atoms with Crippen molar-refractivity contribution in [2.45, 2.75) is 0 Å². The maximum atomic E-state index is 11.8. The minimum absolute atomic E-state index is 0.401. The summed E-state index contributed by atoms with van der Waals surface area (Å²) in [6, 6.07) is 13.4. The Morgan fingerprint density at radius 1 is 0.833 bits per heavy atom. The highest BCUT2D eigenvalue weighted by Crippen LogP contribution is 2.17. The van der Waals surface area contributed by atoms with Crippen LogP contribution in [0.2, 0.25) is 0 Å². The average molecular weight is 324 g/mol. The van der Waals surface area contributed by atoms with Crippen LogP contribution < -0.4 is 14.2 Å². The standard InChI is InChI=1S/C19H16O5/c1-3-18(20)23-16-7-4-14(5-8-16)6-13-19(21)24-17-11-9-15(22-2)10-12-17/h3-13H,1H2,2H3. The Hall–Kier alpha value is -3.34. The van der Waals surface area contributed by atoms with Crippen molar-refractivity contribution in [2.24, 2.45) is 0 Å². The first kappa shape index (κ1) is 17.0. The molecule has 0 N–H and O–H groups in total. The van der Waals surface area contributed by atoms with Gasteiger partial charge in [0.15, 0.2) is 0 Å². The monoisotopic (exact) mass is 324 g/mol. The first-order valence-corrected chi connectivity index (χ1v) is 7.09. The molecule has 0 amide bonds. The maximum absolute atomic E-state index is 11.8. The van der Waals surface area contributed by atoms with E-state index >= 15 is 0 Å². The van der Waals surface area contributed by atoms with Crippen molar-refractivity contribution in [3.05, 3.63) is 72.8 Å². The quantitative estimate of drug-likeness (QED) is 0.463. The Kier molecular flexibility index (Phi) is 5.91. The van der Waals surface area contributed by atoms with Crippen LogP contribution in [-0.4, -0.2) is 19.0 Å². The van der Waals surface area contributed by atoms with Crippen LogP contribution >= 0.6 is 0 Å². The molecule has 5 nitrogen and oxygen atoms in total. The van der Waals surface area contributed by atoms with Crippen molar-refractivity contribution in [3.8, 4) is 17.2 Å². The number of carbonyl (C=O) groups is 2. The van der Waals surface area contributed by atoms with Crippen LogP contribution in [-0.2, 0) is 9.59 Å². The fraction of sp³-hybridized carbons (Fsp3) is 0.0526. The van der Waals surface area contributed by atoms with E-state index in [9.17, 15) is 9.59 Å². The van der Waals surface area contributed by atoms with E-state index in [0.29, 0.717) is 17.2 Å². The molecule has 0 heterocycles. The molecule has 0 fully saturated rings. The largest absolute Gasteiger partial charge is 0.497 e. The van der Waals surface area contributed by atoms with Gasteiger partial charge in [0.2, 0.25) is 0 Å². The zero-order chi connectivity index (χ0) is 17.4. The smallest absolute Gasteiger partial charge is 0.336 e. The molecule has 0 unspecified atom stereocenters. The van der Waals surface area contributed by atoms with Gasteiger partial charge in [-0.25, -0.2) is 9.59 Å². The summed E-state index contributed by atoms with van der Waals surface area (Å²) in [5.74, 6) is 0.487. The Morgan fingerprint density at radius 3 is 1.88 bits per heavy atom.